The van der Waals surface area contributed by atoms with Crippen LogP contribution in [0.15, 0.2) is 224 Å². The molecule has 6 heteroatoms. The molecule has 0 aliphatic carbocycles. The van der Waals surface area contributed by atoms with Crippen molar-refractivity contribution in [2.45, 2.75) is 45.4 Å². The zero-order chi connectivity index (χ0) is 53.3. The first-order valence-corrected chi connectivity index (χ1v) is 24.3. The van der Waals surface area contributed by atoms with E-state index in [1.807, 2.05) is 84.9 Å². The van der Waals surface area contributed by atoms with Crippen LogP contribution in [-0.4, -0.2) is 9.55 Å². The average molecular weight is 1130 g/mol. The molecule has 1 aliphatic rings. The van der Waals surface area contributed by atoms with E-state index in [1.54, 1.807) is 6.20 Å². The quantitative estimate of drug-likeness (QED) is 0.128. The summed E-state index contributed by atoms with van der Waals surface area (Å²) in [4.78, 5) is 9.51. The van der Waals surface area contributed by atoms with E-state index >= 15 is 0 Å². The molecule has 0 N–H and O–H groups in total. The van der Waals surface area contributed by atoms with Crippen molar-refractivity contribution >= 4 is 44.6 Å². The molecule has 0 atom stereocenters. The van der Waals surface area contributed by atoms with Crippen LogP contribution in [-0.2, 0) is 31.9 Å². The minimum Gasteiger partial charge on any atom is -0.509 e. The monoisotopic (exact) mass is 1130 g/mol. The molecule has 0 unspecified atom stereocenters. The fourth-order valence-electron chi connectivity index (χ4n) is 9.95. The van der Waals surface area contributed by atoms with Crippen molar-refractivity contribution in [2.24, 2.45) is 0 Å². The van der Waals surface area contributed by atoms with Gasteiger partial charge in [0, 0.05) is 72.3 Å². The number of benzene rings is 9. The van der Waals surface area contributed by atoms with Crippen molar-refractivity contribution in [3.8, 4) is 50.7 Å². The van der Waals surface area contributed by atoms with Gasteiger partial charge in [-0.15, -0.1) is 48.1 Å². The van der Waals surface area contributed by atoms with E-state index in [-0.39, 0.29) is 44.1 Å². The van der Waals surface area contributed by atoms with E-state index in [1.165, 1.54) is 5.56 Å². The van der Waals surface area contributed by atoms with Crippen molar-refractivity contribution in [3.05, 3.63) is 260 Å². The van der Waals surface area contributed by atoms with Gasteiger partial charge in [0.05, 0.1) is 6.85 Å². The van der Waals surface area contributed by atoms with Crippen molar-refractivity contribution in [1.82, 2.24) is 9.55 Å². The van der Waals surface area contributed by atoms with Crippen LogP contribution >= 0.6 is 0 Å². The van der Waals surface area contributed by atoms with E-state index in [0.29, 0.717) is 22.9 Å². The largest absolute Gasteiger partial charge is 0.509 e. The third-order valence-corrected chi connectivity index (χ3v) is 13.8. The molecule has 360 valence electrons. The molecular weight excluding hydrogens is 1070 g/mol. The fourth-order valence-corrected chi connectivity index (χ4v) is 9.95. The van der Waals surface area contributed by atoms with Gasteiger partial charge in [0.2, 0.25) is 0 Å². The van der Waals surface area contributed by atoms with Gasteiger partial charge in [0.1, 0.15) is 5.82 Å². The Bertz CT molecular complexity index is 4060. The number of hydrogen-bond acceptors (Lipinski definition) is 4. The van der Waals surface area contributed by atoms with Crippen LogP contribution in [0.25, 0.3) is 61.0 Å². The molecule has 0 bridgehead atoms. The summed E-state index contributed by atoms with van der Waals surface area (Å²) in [7, 11) is 0. The summed E-state index contributed by atoms with van der Waals surface area (Å²) in [5.41, 5.74) is 12.7. The minimum absolute atomic E-state index is 0. The standard InChI is InChI=1S/C67H53N4O.Pt/c1-66(2,3)52-37-50(47-23-12-7-13-24-47)38-54(40-52)70-45-69(62-31-18-19-32-63(62)70)53-29-20-30-55(41-53)72-56-34-35-57-58-39-49(46-21-10-6-11-22-46)33-36-61(58)71(64(57)42-56)65-43-60(67(4,5)51-27-16-9-17-28-51)59(44-68-65)48-25-14-8-15-26-48;/h6-40,43-45H,1-5H3;/q-3;/i8D,14D,15D,25D,26D;. The Morgan fingerprint density at radius 3 is 1.90 bits per heavy atom. The molecular formula is C67H53N4OPt-3. The van der Waals surface area contributed by atoms with Gasteiger partial charge >= 0.3 is 0 Å². The summed E-state index contributed by atoms with van der Waals surface area (Å²) in [6.07, 6.45) is 1.65. The smallest absolute Gasteiger partial charge is 0.135 e. The molecule has 2 aromatic heterocycles. The average Bonchev–Trinajstić information content (AvgIpc) is 4.07. The van der Waals surface area contributed by atoms with Gasteiger partial charge in [0.25, 0.3) is 0 Å². The predicted molar refractivity (Wildman–Crippen MR) is 298 cm³/mol. The summed E-state index contributed by atoms with van der Waals surface area (Å²) < 4.78 is 52.6. The van der Waals surface area contributed by atoms with E-state index in [0.717, 1.165) is 77.9 Å². The normalized spacial score (nSPS) is 13.5. The maximum atomic E-state index is 9.06. The molecule has 0 fully saturated rings. The van der Waals surface area contributed by atoms with Crippen molar-refractivity contribution in [3.63, 3.8) is 0 Å². The van der Waals surface area contributed by atoms with Crippen LogP contribution in [0.1, 0.15) is 58.2 Å². The van der Waals surface area contributed by atoms with Crippen LogP contribution in [0.2, 0.25) is 0 Å². The van der Waals surface area contributed by atoms with Crippen LogP contribution in [0.5, 0.6) is 11.5 Å². The molecule has 73 heavy (non-hydrogen) atoms. The predicted octanol–water partition coefficient (Wildman–Crippen LogP) is 17.6. The Kier molecular flexibility index (Phi) is 11.0. The summed E-state index contributed by atoms with van der Waals surface area (Å²) in [6.45, 7) is 13.0. The second kappa shape index (κ2) is 19.2. The summed E-state index contributed by atoms with van der Waals surface area (Å²) in [5.74, 6) is 1.54. The number of anilines is 4. The van der Waals surface area contributed by atoms with Crippen molar-refractivity contribution < 1.29 is 32.7 Å². The van der Waals surface area contributed by atoms with E-state index in [9.17, 15) is 0 Å². The topological polar surface area (TPSA) is 33.5 Å². The molecule has 12 rings (SSSR count). The molecule has 5 nitrogen and oxygen atoms in total. The fraction of sp³-hybridized carbons (Fsp3) is 0.104. The second-order valence-corrected chi connectivity index (χ2v) is 19.8. The molecule has 0 saturated carbocycles. The summed E-state index contributed by atoms with van der Waals surface area (Å²) in [5, 5.41) is 1.91. The third-order valence-electron chi connectivity index (χ3n) is 13.8. The molecule has 0 spiro atoms. The summed E-state index contributed by atoms with van der Waals surface area (Å²) in [6, 6.07) is 69.8. The molecule has 11 aromatic rings. The molecule has 0 amide bonds. The van der Waals surface area contributed by atoms with Crippen molar-refractivity contribution in [1.29, 1.82) is 0 Å². The first-order valence-electron chi connectivity index (χ1n) is 26.8. The number of fused-ring (bicyclic) bond motifs is 4. The van der Waals surface area contributed by atoms with Crippen LogP contribution in [0.3, 0.4) is 0 Å². The van der Waals surface area contributed by atoms with Gasteiger partial charge in [-0.25, -0.2) is 4.98 Å². The first kappa shape index (κ1) is 41.6. The minimum atomic E-state index is -0.721. The number of rotatable bonds is 10. The molecule has 0 saturated heterocycles. The van der Waals surface area contributed by atoms with Gasteiger partial charge < -0.3 is 19.1 Å². The number of pyridine rings is 1. The summed E-state index contributed by atoms with van der Waals surface area (Å²) >= 11 is 0. The van der Waals surface area contributed by atoms with Crippen molar-refractivity contribution in [2.75, 3.05) is 9.80 Å². The number of ether oxygens (including phenoxy) is 1. The maximum Gasteiger partial charge on any atom is 0.135 e. The number of para-hydroxylation sites is 2. The Morgan fingerprint density at radius 1 is 0.534 bits per heavy atom. The van der Waals surface area contributed by atoms with Crippen LogP contribution < -0.4 is 14.5 Å². The number of hydrogen-bond donors (Lipinski definition) is 0. The Labute approximate surface area is 450 Å². The van der Waals surface area contributed by atoms with Gasteiger partial charge in [-0.3, -0.25) is 0 Å². The zero-order valence-electron chi connectivity index (χ0n) is 46.1. The SMILES string of the molecule is [2H]c1c([2H])c([2H])c(-c2cnc(-n3c4[c-]c(Oc5[c-]c(N6[CH-]N(c7cc(-c8ccccc8)cc(C(C)(C)C)c7)c7ccccc76)ccc5)ccc4c4cc(-c5ccccc5)ccc43)cc2C(C)(C)c2ccccc2)c([2H])c1[2H].[Pt]. The van der Waals surface area contributed by atoms with Gasteiger partial charge in [-0.05, 0) is 91.7 Å². The molecule has 0 radical (unpaired) electrons. The Hall–Kier alpha value is -7.98. The van der Waals surface area contributed by atoms with Gasteiger partial charge in [0.15, 0.2) is 0 Å². The van der Waals surface area contributed by atoms with Gasteiger partial charge in [-0.2, -0.15) is 12.1 Å². The van der Waals surface area contributed by atoms with Gasteiger partial charge in [-0.1, -0.05) is 192 Å². The maximum absolute atomic E-state index is 9.06. The first-order chi connectivity index (χ1) is 37.1. The number of aromatic nitrogens is 2. The second-order valence-electron chi connectivity index (χ2n) is 19.8. The molecule has 3 heterocycles. The van der Waals surface area contributed by atoms with Crippen LogP contribution in [0.4, 0.5) is 22.7 Å². The van der Waals surface area contributed by atoms with Crippen LogP contribution in [0, 0.1) is 18.8 Å². The molecule has 9 aromatic carbocycles. The number of nitrogens with zero attached hydrogens (tertiary/aromatic N) is 4. The van der Waals surface area contributed by atoms with E-state index < -0.39 is 23.5 Å². The Morgan fingerprint density at radius 2 is 1.19 bits per heavy atom. The van der Waals surface area contributed by atoms with E-state index in [2.05, 4.69) is 171 Å². The Balaban J connectivity index is 0.00000645. The molecule has 1 aliphatic heterocycles. The zero-order valence-corrected chi connectivity index (χ0v) is 43.3. The van der Waals surface area contributed by atoms with E-state index in [4.69, 9.17) is 16.6 Å². The third kappa shape index (κ3) is 8.93.